The van der Waals surface area contributed by atoms with Crippen molar-refractivity contribution in [3.63, 3.8) is 0 Å². The summed E-state index contributed by atoms with van der Waals surface area (Å²) < 4.78 is 1.70. The molecule has 0 N–H and O–H groups in total. The summed E-state index contributed by atoms with van der Waals surface area (Å²) in [5.74, 6) is 0.421. The third-order valence-corrected chi connectivity index (χ3v) is 2.26. The largest absolute Gasteiger partial charge is 0.299 e. The monoisotopic (exact) mass is 220 g/mol. The summed E-state index contributed by atoms with van der Waals surface area (Å²) in [4.78, 5) is 10.3. The lowest BCUT2D eigenvalue weighted by atomic mass is 10.2. The minimum Gasteiger partial charge on any atom is -0.258 e. The molecule has 2 rings (SSSR count). The number of benzene rings is 1. The van der Waals surface area contributed by atoms with Crippen LogP contribution in [0.5, 0.6) is 0 Å². The van der Waals surface area contributed by atoms with E-state index in [1.807, 2.05) is 0 Å². The molecule has 16 heavy (non-hydrogen) atoms. The number of hydrogen-bond donors (Lipinski definition) is 0. The minimum absolute atomic E-state index is 0.00695. The Morgan fingerprint density at radius 2 is 2.25 bits per heavy atom. The summed E-state index contributed by atoms with van der Waals surface area (Å²) in [7, 11) is 0. The molecule has 2 aromatic rings. The van der Waals surface area contributed by atoms with Gasteiger partial charge >= 0.3 is 0 Å². The fourth-order valence-corrected chi connectivity index (χ4v) is 1.61. The molecule has 0 bridgehead atoms. The Hall–Kier alpha value is -1.98. The number of nitro benzene ring substituents is 1. The zero-order valence-electron chi connectivity index (χ0n) is 9.12. The van der Waals surface area contributed by atoms with Gasteiger partial charge in [0.1, 0.15) is 0 Å². The Balaban J connectivity index is 2.57. The van der Waals surface area contributed by atoms with Crippen molar-refractivity contribution < 1.29 is 4.92 Å². The quantitative estimate of drug-likeness (QED) is 0.585. The van der Waals surface area contributed by atoms with E-state index in [4.69, 9.17) is 0 Å². The Bertz CT molecular complexity index is 533. The number of nitrogens with zero attached hydrogens (tertiary/aromatic N) is 4. The summed E-state index contributed by atoms with van der Waals surface area (Å²) in [5, 5.41) is 18.6. The van der Waals surface area contributed by atoms with Gasteiger partial charge in [0.2, 0.25) is 0 Å². The maximum atomic E-state index is 10.8. The summed E-state index contributed by atoms with van der Waals surface area (Å²) in [6.07, 6.45) is 0. The molecular formula is C10H12N4O2. The maximum absolute atomic E-state index is 10.8. The number of non-ortho nitro benzene ring substituents is 1. The van der Waals surface area contributed by atoms with Gasteiger partial charge in [0.05, 0.1) is 10.4 Å². The standard InChI is InChI=1S/C10H12N4O2/c1-7(2)6-13-8-4-3-5-9(14(15)16)10(8)11-12-13/h3-5,7H,6H2,1-2H3. The molecule has 6 heteroatoms. The first-order valence-electron chi connectivity index (χ1n) is 5.06. The smallest absolute Gasteiger partial charge is 0.258 e. The first-order chi connectivity index (χ1) is 7.59. The second-order valence-corrected chi connectivity index (χ2v) is 4.07. The van der Waals surface area contributed by atoms with Crippen molar-refractivity contribution in [2.45, 2.75) is 20.4 Å². The fraction of sp³-hybridized carbons (Fsp3) is 0.400. The predicted octanol–water partition coefficient (Wildman–Crippen LogP) is 2.00. The highest BCUT2D eigenvalue weighted by Crippen LogP contribution is 2.22. The number of nitro groups is 1. The first kappa shape index (κ1) is 10.5. The van der Waals surface area contributed by atoms with Gasteiger partial charge in [-0.15, -0.1) is 5.10 Å². The predicted molar refractivity (Wildman–Crippen MR) is 59.0 cm³/mol. The molecule has 0 aliphatic heterocycles. The molecule has 0 fully saturated rings. The van der Waals surface area contributed by atoms with E-state index in [0.717, 1.165) is 0 Å². The molecule has 0 spiro atoms. The van der Waals surface area contributed by atoms with Crippen molar-refractivity contribution in [3.05, 3.63) is 28.3 Å². The summed E-state index contributed by atoms with van der Waals surface area (Å²) >= 11 is 0. The number of hydrogen-bond acceptors (Lipinski definition) is 4. The highest BCUT2D eigenvalue weighted by molar-refractivity contribution is 5.83. The molecule has 1 aromatic heterocycles. The molecule has 84 valence electrons. The molecule has 0 radical (unpaired) electrons. The van der Waals surface area contributed by atoms with E-state index in [-0.39, 0.29) is 5.69 Å². The zero-order valence-corrected chi connectivity index (χ0v) is 9.12. The van der Waals surface area contributed by atoms with Crippen LogP contribution in [0.3, 0.4) is 0 Å². The van der Waals surface area contributed by atoms with Crippen molar-refractivity contribution in [3.8, 4) is 0 Å². The number of aromatic nitrogens is 3. The summed E-state index contributed by atoms with van der Waals surface area (Å²) in [5.41, 5.74) is 1.07. The highest BCUT2D eigenvalue weighted by atomic mass is 16.6. The van der Waals surface area contributed by atoms with Crippen molar-refractivity contribution in [1.82, 2.24) is 15.0 Å². The van der Waals surface area contributed by atoms with Crippen LogP contribution in [0.25, 0.3) is 11.0 Å². The third-order valence-electron chi connectivity index (χ3n) is 2.26. The van der Waals surface area contributed by atoms with E-state index in [0.29, 0.717) is 23.5 Å². The van der Waals surface area contributed by atoms with Gasteiger partial charge in [-0.05, 0) is 12.0 Å². The topological polar surface area (TPSA) is 73.8 Å². The number of rotatable bonds is 3. The second-order valence-electron chi connectivity index (χ2n) is 4.07. The van der Waals surface area contributed by atoms with Crippen molar-refractivity contribution in [2.75, 3.05) is 0 Å². The first-order valence-corrected chi connectivity index (χ1v) is 5.06. The van der Waals surface area contributed by atoms with Gasteiger partial charge < -0.3 is 0 Å². The van der Waals surface area contributed by atoms with Crippen LogP contribution in [0, 0.1) is 16.0 Å². The van der Waals surface area contributed by atoms with Crippen LogP contribution < -0.4 is 0 Å². The summed E-state index contributed by atoms with van der Waals surface area (Å²) in [6, 6.07) is 4.89. The lowest BCUT2D eigenvalue weighted by Crippen LogP contribution is -2.05. The van der Waals surface area contributed by atoms with Crippen LogP contribution in [0.2, 0.25) is 0 Å². The van der Waals surface area contributed by atoms with Crippen molar-refractivity contribution in [1.29, 1.82) is 0 Å². The lowest BCUT2D eigenvalue weighted by molar-refractivity contribution is -0.383. The van der Waals surface area contributed by atoms with Gasteiger partial charge in [0, 0.05) is 12.6 Å². The molecular weight excluding hydrogens is 208 g/mol. The zero-order chi connectivity index (χ0) is 11.7. The summed E-state index contributed by atoms with van der Waals surface area (Å²) in [6.45, 7) is 4.83. The second kappa shape index (κ2) is 3.88. The molecule has 0 atom stereocenters. The lowest BCUT2D eigenvalue weighted by Gasteiger charge is -2.04. The van der Waals surface area contributed by atoms with Gasteiger partial charge in [-0.25, -0.2) is 4.68 Å². The van der Waals surface area contributed by atoms with Crippen LogP contribution in [0.4, 0.5) is 5.69 Å². The Morgan fingerprint density at radius 3 is 2.88 bits per heavy atom. The van der Waals surface area contributed by atoms with Gasteiger partial charge in [-0.2, -0.15) is 0 Å². The van der Waals surface area contributed by atoms with Crippen LogP contribution in [-0.4, -0.2) is 19.9 Å². The molecule has 0 saturated carbocycles. The molecule has 6 nitrogen and oxygen atoms in total. The van der Waals surface area contributed by atoms with Crippen LogP contribution in [-0.2, 0) is 6.54 Å². The van der Waals surface area contributed by atoms with E-state index in [9.17, 15) is 10.1 Å². The van der Waals surface area contributed by atoms with Crippen molar-refractivity contribution in [2.24, 2.45) is 5.92 Å². The average Bonchev–Trinajstić information content (AvgIpc) is 2.60. The van der Waals surface area contributed by atoms with Gasteiger partial charge in [-0.3, -0.25) is 10.1 Å². The third kappa shape index (κ3) is 1.73. The van der Waals surface area contributed by atoms with E-state index in [1.54, 1.807) is 16.8 Å². The van der Waals surface area contributed by atoms with Crippen LogP contribution in [0.15, 0.2) is 18.2 Å². The van der Waals surface area contributed by atoms with E-state index < -0.39 is 4.92 Å². The van der Waals surface area contributed by atoms with E-state index >= 15 is 0 Å². The van der Waals surface area contributed by atoms with Crippen LogP contribution in [0.1, 0.15) is 13.8 Å². The van der Waals surface area contributed by atoms with Crippen molar-refractivity contribution >= 4 is 16.7 Å². The van der Waals surface area contributed by atoms with Gasteiger partial charge in [0.15, 0.2) is 5.52 Å². The maximum Gasteiger partial charge on any atom is 0.299 e. The van der Waals surface area contributed by atoms with Gasteiger partial charge in [0.25, 0.3) is 5.69 Å². The van der Waals surface area contributed by atoms with Gasteiger partial charge in [-0.1, -0.05) is 25.1 Å². The molecule has 0 unspecified atom stereocenters. The molecule has 0 aliphatic carbocycles. The Morgan fingerprint density at radius 1 is 1.50 bits per heavy atom. The molecule has 0 aliphatic rings. The highest BCUT2D eigenvalue weighted by Gasteiger charge is 2.16. The average molecular weight is 220 g/mol. The normalized spacial score (nSPS) is 11.2. The van der Waals surface area contributed by atoms with Crippen LogP contribution >= 0.6 is 0 Å². The Kier molecular flexibility index (Phi) is 2.55. The molecule has 1 heterocycles. The molecule has 0 amide bonds. The van der Waals surface area contributed by atoms with E-state index in [1.165, 1.54) is 6.07 Å². The van der Waals surface area contributed by atoms with E-state index in [2.05, 4.69) is 24.2 Å². The molecule has 0 saturated heterocycles. The number of fused-ring (bicyclic) bond motifs is 1. The fourth-order valence-electron chi connectivity index (χ4n) is 1.61. The Labute approximate surface area is 92.0 Å². The SMILES string of the molecule is CC(C)Cn1nnc2c([N+](=O)[O-])cccc21. The molecule has 1 aromatic carbocycles. The minimum atomic E-state index is -0.434.